The Labute approximate surface area is 118 Å². The van der Waals surface area contributed by atoms with Crippen molar-refractivity contribution in [2.45, 2.75) is 6.92 Å². The van der Waals surface area contributed by atoms with E-state index >= 15 is 0 Å². The van der Waals surface area contributed by atoms with Gasteiger partial charge in [0.1, 0.15) is 11.3 Å². The number of nitrogens with zero attached hydrogens (tertiary/aromatic N) is 3. The molecule has 2 heterocycles. The van der Waals surface area contributed by atoms with E-state index < -0.39 is 11.8 Å². The molecule has 0 aliphatic heterocycles. The fourth-order valence-corrected chi connectivity index (χ4v) is 2.02. The average Bonchev–Trinajstić information content (AvgIpc) is 2.82. The molecule has 7 heteroatoms. The Balaban J connectivity index is 2.00. The molecule has 0 bridgehead atoms. The summed E-state index contributed by atoms with van der Waals surface area (Å²) in [5.41, 5.74) is 1.56. The van der Waals surface area contributed by atoms with Crippen molar-refractivity contribution in [2.24, 2.45) is 0 Å². The lowest BCUT2D eigenvalue weighted by molar-refractivity contribution is 0.0696. The molecule has 0 saturated carbocycles. The van der Waals surface area contributed by atoms with Crippen LogP contribution in [0.15, 0.2) is 36.7 Å². The van der Waals surface area contributed by atoms with Crippen molar-refractivity contribution in [3.63, 3.8) is 0 Å². The van der Waals surface area contributed by atoms with Crippen LogP contribution in [0.2, 0.25) is 0 Å². The Morgan fingerprint density at radius 2 is 2.19 bits per heavy atom. The summed E-state index contributed by atoms with van der Waals surface area (Å²) in [5, 5.41) is 15.9. The second-order valence-electron chi connectivity index (χ2n) is 4.52. The number of carbonyl (C=O) groups is 1. The minimum atomic E-state index is -1.17. The molecule has 6 nitrogen and oxygen atoms in total. The van der Waals surface area contributed by atoms with Crippen LogP contribution in [0.3, 0.4) is 0 Å². The molecule has 1 aromatic carbocycles. The van der Waals surface area contributed by atoms with E-state index in [1.807, 2.05) is 13.0 Å². The van der Waals surface area contributed by atoms with Crippen LogP contribution in [0.5, 0.6) is 0 Å². The van der Waals surface area contributed by atoms with Gasteiger partial charge in [0.25, 0.3) is 0 Å². The highest BCUT2D eigenvalue weighted by Gasteiger charge is 2.11. The molecular formula is C14H11FN4O2. The van der Waals surface area contributed by atoms with Gasteiger partial charge < -0.3 is 10.4 Å². The van der Waals surface area contributed by atoms with E-state index in [0.29, 0.717) is 11.3 Å². The molecule has 0 atom stereocenters. The number of anilines is 2. The van der Waals surface area contributed by atoms with Gasteiger partial charge in [0.05, 0.1) is 16.9 Å². The Kier molecular flexibility index (Phi) is 3.02. The first-order valence-corrected chi connectivity index (χ1v) is 6.15. The van der Waals surface area contributed by atoms with Crippen molar-refractivity contribution in [3.8, 4) is 0 Å². The molecule has 2 N–H and O–H groups in total. The van der Waals surface area contributed by atoms with Gasteiger partial charge >= 0.3 is 5.97 Å². The lowest BCUT2D eigenvalue weighted by Crippen LogP contribution is -2.02. The Hall–Kier alpha value is -2.96. The minimum absolute atomic E-state index is 0.107. The van der Waals surface area contributed by atoms with Gasteiger partial charge in [-0.05, 0) is 31.2 Å². The molecule has 3 rings (SSSR count). The maximum atomic E-state index is 13.9. The third-order valence-corrected chi connectivity index (χ3v) is 2.98. The summed E-state index contributed by atoms with van der Waals surface area (Å²) < 4.78 is 15.6. The highest BCUT2D eigenvalue weighted by atomic mass is 19.1. The van der Waals surface area contributed by atoms with E-state index in [9.17, 15) is 9.18 Å². The molecule has 0 aliphatic rings. The zero-order chi connectivity index (χ0) is 15.0. The molecule has 0 amide bonds. The number of aryl methyl sites for hydroxylation is 1. The number of nitrogens with one attached hydrogen (secondary N) is 1. The van der Waals surface area contributed by atoms with Crippen LogP contribution < -0.4 is 5.32 Å². The molecule has 2 aromatic heterocycles. The predicted molar refractivity (Wildman–Crippen MR) is 74.4 cm³/mol. The number of aromatic nitrogens is 3. The van der Waals surface area contributed by atoms with Crippen molar-refractivity contribution < 1.29 is 14.3 Å². The summed E-state index contributed by atoms with van der Waals surface area (Å²) >= 11 is 0. The molecule has 21 heavy (non-hydrogen) atoms. The summed E-state index contributed by atoms with van der Waals surface area (Å²) in [4.78, 5) is 14.9. The van der Waals surface area contributed by atoms with E-state index in [1.54, 1.807) is 16.9 Å². The highest BCUT2D eigenvalue weighted by molar-refractivity contribution is 5.88. The van der Waals surface area contributed by atoms with Crippen LogP contribution >= 0.6 is 0 Å². The first kappa shape index (κ1) is 13.0. The molecular weight excluding hydrogens is 275 g/mol. The number of hydrogen-bond acceptors (Lipinski definition) is 4. The standard InChI is InChI=1S/C14H11FN4O2/c1-8-6-12-13(16-4-5-19(12)18-8)17-11-3-2-9(14(20)21)7-10(11)15/h2-7H,1H3,(H,16,17)(H,20,21). The molecule has 3 aromatic rings. The fraction of sp³-hybridized carbons (Fsp3) is 0.0714. The summed E-state index contributed by atoms with van der Waals surface area (Å²) in [6.07, 6.45) is 3.24. The number of carboxylic acid groups (broad SMARTS) is 1. The van der Waals surface area contributed by atoms with Gasteiger partial charge in [-0.25, -0.2) is 18.7 Å². The van der Waals surface area contributed by atoms with Gasteiger partial charge in [-0.3, -0.25) is 0 Å². The first-order chi connectivity index (χ1) is 10.0. The first-order valence-electron chi connectivity index (χ1n) is 6.15. The number of carboxylic acids is 1. The van der Waals surface area contributed by atoms with Crippen molar-refractivity contribution >= 4 is 23.0 Å². The second kappa shape index (κ2) is 4.86. The predicted octanol–water partition coefficient (Wildman–Crippen LogP) is 2.62. The van der Waals surface area contributed by atoms with E-state index in [4.69, 9.17) is 5.11 Å². The van der Waals surface area contributed by atoms with Gasteiger partial charge in [0.2, 0.25) is 0 Å². The molecule has 0 fully saturated rings. The maximum Gasteiger partial charge on any atom is 0.335 e. The maximum absolute atomic E-state index is 13.9. The average molecular weight is 286 g/mol. The Bertz CT molecular complexity index is 844. The molecule has 0 spiro atoms. The lowest BCUT2D eigenvalue weighted by atomic mass is 10.2. The zero-order valence-electron chi connectivity index (χ0n) is 11.0. The lowest BCUT2D eigenvalue weighted by Gasteiger charge is -2.08. The van der Waals surface area contributed by atoms with Crippen LogP contribution in [0.4, 0.5) is 15.9 Å². The van der Waals surface area contributed by atoms with E-state index in [2.05, 4.69) is 15.4 Å². The molecule has 0 unspecified atom stereocenters. The topological polar surface area (TPSA) is 79.5 Å². The van der Waals surface area contributed by atoms with E-state index in [0.717, 1.165) is 11.8 Å². The third-order valence-electron chi connectivity index (χ3n) is 2.98. The van der Waals surface area contributed by atoms with Gasteiger partial charge in [0.15, 0.2) is 5.82 Å². The number of fused-ring (bicyclic) bond motifs is 1. The minimum Gasteiger partial charge on any atom is -0.478 e. The van der Waals surface area contributed by atoms with Crippen LogP contribution in [0.1, 0.15) is 16.1 Å². The molecule has 106 valence electrons. The van der Waals surface area contributed by atoms with Gasteiger partial charge in [-0.1, -0.05) is 0 Å². The van der Waals surface area contributed by atoms with Crippen molar-refractivity contribution in [2.75, 3.05) is 5.32 Å². The number of rotatable bonds is 3. The summed E-state index contributed by atoms with van der Waals surface area (Å²) in [7, 11) is 0. The Morgan fingerprint density at radius 3 is 2.90 bits per heavy atom. The zero-order valence-corrected chi connectivity index (χ0v) is 11.0. The van der Waals surface area contributed by atoms with Crippen LogP contribution in [-0.4, -0.2) is 25.7 Å². The van der Waals surface area contributed by atoms with Gasteiger partial charge in [-0.15, -0.1) is 0 Å². The number of benzene rings is 1. The van der Waals surface area contributed by atoms with Gasteiger partial charge in [-0.2, -0.15) is 5.10 Å². The van der Waals surface area contributed by atoms with Crippen molar-refractivity contribution in [1.29, 1.82) is 0 Å². The summed E-state index contributed by atoms with van der Waals surface area (Å²) in [6, 6.07) is 5.48. The quantitative estimate of drug-likeness (QED) is 0.773. The van der Waals surface area contributed by atoms with E-state index in [1.165, 1.54) is 12.1 Å². The summed E-state index contributed by atoms with van der Waals surface area (Å²) in [6.45, 7) is 1.85. The molecule has 0 radical (unpaired) electrons. The van der Waals surface area contributed by atoms with Crippen LogP contribution in [-0.2, 0) is 0 Å². The summed E-state index contributed by atoms with van der Waals surface area (Å²) in [5.74, 6) is -1.39. The number of halogens is 1. The van der Waals surface area contributed by atoms with E-state index in [-0.39, 0.29) is 11.3 Å². The van der Waals surface area contributed by atoms with Gasteiger partial charge in [0, 0.05) is 12.4 Å². The molecule has 0 aliphatic carbocycles. The van der Waals surface area contributed by atoms with Crippen LogP contribution in [0, 0.1) is 12.7 Å². The van der Waals surface area contributed by atoms with Crippen molar-refractivity contribution in [3.05, 3.63) is 53.7 Å². The van der Waals surface area contributed by atoms with Crippen LogP contribution in [0.25, 0.3) is 5.52 Å². The van der Waals surface area contributed by atoms with Crippen molar-refractivity contribution in [1.82, 2.24) is 14.6 Å². The monoisotopic (exact) mass is 286 g/mol. The number of hydrogen-bond donors (Lipinski definition) is 2. The normalized spacial score (nSPS) is 10.8. The number of aromatic carboxylic acids is 1. The fourth-order valence-electron chi connectivity index (χ4n) is 2.02. The smallest absolute Gasteiger partial charge is 0.335 e. The highest BCUT2D eigenvalue weighted by Crippen LogP contribution is 2.23. The Morgan fingerprint density at radius 1 is 1.38 bits per heavy atom. The third kappa shape index (κ3) is 2.40. The molecule has 0 saturated heterocycles. The largest absolute Gasteiger partial charge is 0.478 e. The SMILES string of the molecule is Cc1cc2c(Nc3ccc(C(=O)O)cc3F)nccn2n1. The second-order valence-corrected chi connectivity index (χ2v) is 4.52.